The molecule has 0 N–H and O–H groups in total. The van der Waals surface area contributed by atoms with E-state index in [0.717, 1.165) is 34.0 Å². The van der Waals surface area contributed by atoms with Crippen LogP contribution in [0.15, 0.2) is 24.3 Å². The van der Waals surface area contributed by atoms with E-state index in [0.29, 0.717) is 5.02 Å². The first-order valence-electron chi connectivity index (χ1n) is 5.40. The number of rotatable bonds is 3. The Hall–Kier alpha value is -1.37. The molecule has 0 saturated carbocycles. The average molecular weight is 263 g/mol. The second-order valence-corrected chi connectivity index (χ2v) is 5.10. The van der Waals surface area contributed by atoms with E-state index in [1.807, 2.05) is 24.3 Å². The van der Waals surface area contributed by atoms with Gasteiger partial charge in [-0.05, 0) is 18.6 Å². The number of halogens is 1. The molecule has 86 valence electrons. The predicted molar refractivity (Wildman–Crippen MR) is 71.3 cm³/mol. The standard InChI is InChI=1S/C13H11ClN2S/c1-2-3-11-12(8-15)17-13(16-11)9-4-6-10(14)7-5-9/h4-7H,2-3H2,1H3. The van der Waals surface area contributed by atoms with Gasteiger partial charge >= 0.3 is 0 Å². The summed E-state index contributed by atoms with van der Waals surface area (Å²) in [6.45, 7) is 2.09. The highest BCUT2D eigenvalue weighted by Crippen LogP contribution is 2.29. The Morgan fingerprint density at radius 2 is 2.06 bits per heavy atom. The first-order chi connectivity index (χ1) is 8.24. The zero-order valence-electron chi connectivity index (χ0n) is 9.40. The van der Waals surface area contributed by atoms with E-state index in [9.17, 15) is 0 Å². The van der Waals surface area contributed by atoms with Crippen LogP contribution in [0.1, 0.15) is 23.9 Å². The smallest absolute Gasteiger partial charge is 0.128 e. The topological polar surface area (TPSA) is 36.7 Å². The Morgan fingerprint density at radius 3 is 2.65 bits per heavy atom. The van der Waals surface area contributed by atoms with Crippen molar-refractivity contribution in [3.05, 3.63) is 39.9 Å². The third kappa shape index (κ3) is 2.66. The Bertz CT molecular complexity index is 552. The van der Waals surface area contributed by atoms with Crippen LogP contribution < -0.4 is 0 Å². The first-order valence-corrected chi connectivity index (χ1v) is 6.59. The second kappa shape index (κ2) is 5.31. The van der Waals surface area contributed by atoms with Gasteiger partial charge in [-0.15, -0.1) is 11.3 Å². The minimum Gasteiger partial charge on any atom is -0.240 e. The van der Waals surface area contributed by atoms with Gasteiger partial charge in [0.25, 0.3) is 0 Å². The van der Waals surface area contributed by atoms with E-state index in [2.05, 4.69) is 18.0 Å². The van der Waals surface area contributed by atoms with Gasteiger partial charge in [0.05, 0.1) is 5.69 Å². The molecule has 1 heterocycles. The van der Waals surface area contributed by atoms with Crippen molar-refractivity contribution in [3.8, 4) is 16.6 Å². The quantitative estimate of drug-likeness (QED) is 0.827. The molecule has 0 aliphatic heterocycles. The van der Waals surface area contributed by atoms with Crippen molar-refractivity contribution < 1.29 is 0 Å². The van der Waals surface area contributed by atoms with Crippen LogP contribution >= 0.6 is 22.9 Å². The molecular formula is C13H11ClN2S. The van der Waals surface area contributed by atoms with E-state index >= 15 is 0 Å². The summed E-state index contributed by atoms with van der Waals surface area (Å²) in [4.78, 5) is 5.24. The third-order valence-electron chi connectivity index (χ3n) is 2.38. The lowest BCUT2D eigenvalue weighted by molar-refractivity contribution is 0.890. The fourth-order valence-electron chi connectivity index (χ4n) is 1.56. The number of hydrogen-bond acceptors (Lipinski definition) is 3. The van der Waals surface area contributed by atoms with Crippen LogP contribution in [0.4, 0.5) is 0 Å². The molecule has 2 aromatic rings. The Kier molecular flexibility index (Phi) is 3.78. The van der Waals surface area contributed by atoms with E-state index in [4.69, 9.17) is 16.9 Å². The molecule has 0 saturated heterocycles. The SMILES string of the molecule is CCCc1nc(-c2ccc(Cl)cc2)sc1C#N. The van der Waals surface area contributed by atoms with Crippen LogP contribution in [0.3, 0.4) is 0 Å². The van der Waals surface area contributed by atoms with Crippen LogP contribution in [-0.2, 0) is 6.42 Å². The van der Waals surface area contributed by atoms with Gasteiger partial charge < -0.3 is 0 Å². The van der Waals surface area contributed by atoms with Crippen molar-refractivity contribution in [2.75, 3.05) is 0 Å². The maximum absolute atomic E-state index is 9.05. The Balaban J connectivity index is 2.40. The minimum absolute atomic E-state index is 0.708. The lowest BCUT2D eigenvalue weighted by Crippen LogP contribution is -1.86. The van der Waals surface area contributed by atoms with Gasteiger partial charge in [0.15, 0.2) is 0 Å². The van der Waals surface area contributed by atoms with Crippen LogP contribution in [0.25, 0.3) is 10.6 Å². The van der Waals surface area contributed by atoms with Crippen molar-refractivity contribution in [3.63, 3.8) is 0 Å². The highest BCUT2D eigenvalue weighted by atomic mass is 35.5. The summed E-state index contributed by atoms with van der Waals surface area (Å²) < 4.78 is 0. The summed E-state index contributed by atoms with van der Waals surface area (Å²) in [5.74, 6) is 0. The number of benzene rings is 1. The fraction of sp³-hybridized carbons (Fsp3) is 0.231. The predicted octanol–water partition coefficient (Wildman–Crippen LogP) is 4.29. The van der Waals surface area contributed by atoms with Gasteiger partial charge in [-0.25, -0.2) is 4.98 Å². The van der Waals surface area contributed by atoms with Crippen molar-refractivity contribution >= 4 is 22.9 Å². The molecular weight excluding hydrogens is 252 g/mol. The molecule has 0 spiro atoms. The summed E-state index contributed by atoms with van der Waals surface area (Å²) in [5, 5.41) is 10.6. The molecule has 1 aromatic carbocycles. The first kappa shape index (κ1) is 12.1. The minimum atomic E-state index is 0.708. The lowest BCUT2D eigenvalue weighted by Gasteiger charge is -1.95. The van der Waals surface area contributed by atoms with E-state index in [-0.39, 0.29) is 0 Å². The summed E-state index contributed by atoms with van der Waals surface area (Å²) in [5.41, 5.74) is 1.92. The number of aromatic nitrogens is 1. The maximum atomic E-state index is 9.05. The van der Waals surface area contributed by atoms with E-state index < -0.39 is 0 Å². The van der Waals surface area contributed by atoms with Crippen LogP contribution in [0, 0.1) is 11.3 Å². The van der Waals surface area contributed by atoms with Crippen LogP contribution in [0.2, 0.25) is 5.02 Å². The number of aryl methyl sites for hydroxylation is 1. The number of nitriles is 1. The summed E-state index contributed by atoms with van der Waals surface area (Å²) in [6, 6.07) is 9.74. The highest BCUT2D eigenvalue weighted by molar-refractivity contribution is 7.15. The molecule has 0 aliphatic carbocycles. The molecule has 0 fully saturated rings. The molecule has 0 radical (unpaired) electrons. The number of thiazole rings is 1. The van der Waals surface area contributed by atoms with Crippen molar-refractivity contribution in [2.24, 2.45) is 0 Å². The highest BCUT2D eigenvalue weighted by Gasteiger charge is 2.11. The normalized spacial score (nSPS) is 10.2. The molecule has 4 heteroatoms. The molecule has 1 aromatic heterocycles. The molecule has 0 bridgehead atoms. The molecule has 2 nitrogen and oxygen atoms in total. The van der Waals surface area contributed by atoms with Gasteiger partial charge in [0.1, 0.15) is 16.0 Å². The largest absolute Gasteiger partial charge is 0.240 e. The summed E-state index contributed by atoms with van der Waals surface area (Å²) >= 11 is 7.29. The van der Waals surface area contributed by atoms with E-state index in [1.165, 1.54) is 11.3 Å². The van der Waals surface area contributed by atoms with Gasteiger partial charge in [0.2, 0.25) is 0 Å². The van der Waals surface area contributed by atoms with Gasteiger partial charge in [0, 0.05) is 10.6 Å². The van der Waals surface area contributed by atoms with E-state index in [1.54, 1.807) is 0 Å². The molecule has 2 rings (SSSR count). The Morgan fingerprint density at radius 1 is 1.35 bits per heavy atom. The zero-order chi connectivity index (χ0) is 12.3. The molecule has 0 unspecified atom stereocenters. The van der Waals surface area contributed by atoms with Crippen LogP contribution in [-0.4, -0.2) is 4.98 Å². The molecule has 17 heavy (non-hydrogen) atoms. The average Bonchev–Trinajstić information content (AvgIpc) is 2.74. The zero-order valence-corrected chi connectivity index (χ0v) is 11.0. The second-order valence-electron chi connectivity index (χ2n) is 3.66. The van der Waals surface area contributed by atoms with Crippen molar-refractivity contribution in [1.29, 1.82) is 5.26 Å². The summed E-state index contributed by atoms with van der Waals surface area (Å²) in [6.07, 6.45) is 1.85. The van der Waals surface area contributed by atoms with Gasteiger partial charge in [-0.3, -0.25) is 0 Å². The monoisotopic (exact) mass is 262 g/mol. The maximum Gasteiger partial charge on any atom is 0.128 e. The fourth-order valence-corrected chi connectivity index (χ4v) is 2.60. The number of nitrogens with zero attached hydrogens (tertiary/aromatic N) is 2. The molecule has 0 aliphatic rings. The van der Waals surface area contributed by atoms with Gasteiger partial charge in [-0.1, -0.05) is 37.1 Å². The van der Waals surface area contributed by atoms with Crippen molar-refractivity contribution in [1.82, 2.24) is 4.98 Å². The van der Waals surface area contributed by atoms with Gasteiger partial charge in [-0.2, -0.15) is 5.26 Å². The van der Waals surface area contributed by atoms with Crippen molar-refractivity contribution in [2.45, 2.75) is 19.8 Å². The number of hydrogen-bond donors (Lipinski definition) is 0. The summed E-state index contributed by atoms with van der Waals surface area (Å²) in [7, 11) is 0. The molecule has 0 atom stereocenters. The van der Waals surface area contributed by atoms with Crippen LogP contribution in [0.5, 0.6) is 0 Å². The Labute approximate surface area is 110 Å². The lowest BCUT2D eigenvalue weighted by atomic mass is 10.2. The third-order valence-corrected chi connectivity index (χ3v) is 3.68. The molecule has 0 amide bonds.